The van der Waals surface area contributed by atoms with Crippen LogP contribution in [-0.4, -0.2) is 26.5 Å². The van der Waals surface area contributed by atoms with Gasteiger partial charge in [0, 0.05) is 37.3 Å². The van der Waals surface area contributed by atoms with E-state index in [0.29, 0.717) is 11.5 Å². The van der Waals surface area contributed by atoms with E-state index < -0.39 is 0 Å². The average Bonchev–Trinajstić information content (AvgIpc) is 3.06. The first-order valence-electron chi connectivity index (χ1n) is 6.89. The molecule has 3 rings (SSSR count). The van der Waals surface area contributed by atoms with Gasteiger partial charge in [-0.05, 0) is 6.42 Å². The normalized spacial score (nSPS) is 18.1. The molecule has 1 N–H and O–H groups in total. The topological polar surface area (TPSA) is 73.0 Å². The van der Waals surface area contributed by atoms with Crippen LogP contribution in [-0.2, 0) is 13.0 Å². The molecule has 0 bridgehead atoms. The first kappa shape index (κ1) is 12.9. The number of oxazole rings is 1. The van der Waals surface area contributed by atoms with E-state index in [2.05, 4.69) is 19.9 Å². The fraction of sp³-hybridized carbons (Fsp3) is 0.500. The molecule has 1 aliphatic rings. The Hall–Kier alpha value is -2.11. The molecule has 6 heteroatoms. The first-order valence-corrected chi connectivity index (χ1v) is 6.89. The number of rotatable bonds is 3. The second-order valence-electron chi connectivity index (χ2n) is 5.42. The monoisotopic (exact) mass is 274 g/mol. The maximum Gasteiger partial charge on any atom is 0.273 e. The first-order chi connectivity index (χ1) is 9.65. The number of aromatic nitrogens is 3. The number of carbonyl (C=O) groups excluding carboxylic acids is 1. The Morgan fingerprint density at radius 1 is 1.50 bits per heavy atom. The Morgan fingerprint density at radius 3 is 3.15 bits per heavy atom. The van der Waals surface area contributed by atoms with Gasteiger partial charge in [-0.25, -0.2) is 9.97 Å². The lowest BCUT2D eigenvalue weighted by Gasteiger charge is -2.24. The van der Waals surface area contributed by atoms with Crippen molar-refractivity contribution in [3.8, 4) is 0 Å². The third-order valence-electron chi connectivity index (χ3n) is 3.60. The van der Waals surface area contributed by atoms with E-state index in [1.807, 2.05) is 20.0 Å². The molecule has 6 nitrogen and oxygen atoms in total. The van der Waals surface area contributed by atoms with Crippen molar-refractivity contribution in [3.05, 3.63) is 36.1 Å². The molecule has 0 fully saturated rings. The zero-order valence-corrected chi connectivity index (χ0v) is 11.7. The number of nitrogens with zero attached hydrogens (tertiary/aromatic N) is 3. The zero-order valence-electron chi connectivity index (χ0n) is 11.7. The van der Waals surface area contributed by atoms with E-state index in [0.717, 1.165) is 25.2 Å². The van der Waals surface area contributed by atoms with Crippen molar-refractivity contribution in [2.24, 2.45) is 0 Å². The molecular weight excluding hydrogens is 256 g/mol. The minimum atomic E-state index is -0.156. The molecular formula is C14H18N4O2. The van der Waals surface area contributed by atoms with Gasteiger partial charge < -0.3 is 14.3 Å². The highest BCUT2D eigenvalue weighted by Crippen LogP contribution is 2.19. The maximum absolute atomic E-state index is 12.3. The van der Waals surface area contributed by atoms with Gasteiger partial charge in [-0.15, -0.1) is 0 Å². The minimum absolute atomic E-state index is 0.112. The standard InChI is InChI=1S/C14H18N4O2/c1-9(2)13-12(16-8-20-13)14(19)17-10-3-4-11-15-5-6-18(11)7-10/h5-6,8-10H,3-4,7H2,1-2H3,(H,17,19). The van der Waals surface area contributed by atoms with Gasteiger partial charge >= 0.3 is 0 Å². The highest BCUT2D eigenvalue weighted by molar-refractivity contribution is 5.93. The Balaban J connectivity index is 1.69. The Labute approximate surface area is 117 Å². The van der Waals surface area contributed by atoms with Gasteiger partial charge in [-0.1, -0.05) is 13.8 Å². The van der Waals surface area contributed by atoms with Gasteiger partial charge in [-0.3, -0.25) is 4.79 Å². The Bertz CT molecular complexity index is 614. The number of amides is 1. The molecule has 2 aromatic heterocycles. The van der Waals surface area contributed by atoms with E-state index in [4.69, 9.17) is 4.42 Å². The molecule has 3 heterocycles. The molecule has 106 valence electrons. The summed E-state index contributed by atoms with van der Waals surface area (Å²) in [5.41, 5.74) is 0.399. The fourth-order valence-electron chi connectivity index (χ4n) is 2.57. The maximum atomic E-state index is 12.3. The van der Waals surface area contributed by atoms with Crippen molar-refractivity contribution in [1.82, 2.24) is 19.9 Å². The molecule has 2 aromatic rings. The van der Waals surface area contributed by atoms with Crippen LogP contribution in [0.2, 0.25) is 0 Å². The number of hydrogen-bond donors (Lipinski definition) is 1. The summed E-state index contributed by atoms with van der Waals surface area (Å²) in [5.74, 6) is 1.71. The van der Waals surface area contributed by atoms with Crippen LogP contribution in [0, 0.1) is 0 Å². The van der Waals surface area contributed by atoms with Crippen LogP contribution in [0.5, 0.6) is 0 Å². The van der Waals surface area contributed by atoms with E-state index in [1.54, 1.807) is 6.20 Å². The van der Waals surface area contributed by atoms with Crippen LogP contribution in [0.25, 0.3) is 0 Å². The van der Waals surface area contributed by atoms with Crippen molar-refractivity contribution >= 4 is 5.91 Å². The summed E-state index contributed by atoms with van der Waals surface area (Å²) in [6.07, 6.45) is 6.86. The molecule has 0 radical (unpaired) electrons. The van der Waals surface area contributed by atoms with Crippen molar-refractivity contribution in [2.45, 2.75) is 45.2 Å². The predicted octanol–water partition coefficient (Wildman–Crippen LogP) is 1.74. The van der Waals surface area contributed by atoms with E-state index in [9.17, 15) is 4.79 Å². The Morgan fingerprint density at radius 2 is 2.35 bits per heavy atom. The van der Waals surface area contributed by atoms with Crippen LogP contribution in [0.3, 0.4) is 0 Å². The van der Waals surface area contributed by atoms with Gasteiger partial charge in [0.15, 0.2) is 12.1 Å². The van der Waals surface area contributed by atoms with Crippen molar-refractivity contribution in [2.75, 3.05) is 0 Å². The molecule has 1 amide bonds. The summed E-state index contributed by atoms with van der Waals surface area (Å²) in [6.45, 7) is 4.72. The van der Waals surface area contributed by atoms with Crippen molar-refractivity contribution < 1.29 is 9.21 Å². The molecule has 0 saturated carbocycles. The SMILES string of the molecule is CC(C)c1ocnc1C(=O)NC1CCc2nccn2C1. The lowest BCUT2D eigenvalue weighted by molar-refractivity contribution is 0.0920. The number of fused-ring (bicyclic) bond motifs is 1. The summed E-state index contributed by atoms with van der Waals surface area (Å²) in [7, 11) is 0. The number of nitrogens with one attached hydrogen (secondary N) is 1. The molecule has 1 aliphatic heterocycles. The quantitative estimate of drug-likeness (QED) is 0.925. The average molecular weight is 274 g/mol. The fourth-order valence-corrected chi connectivity index (χ4v) is 2.57. The summed E-state index contributed by atoms with van der Waals surface area (Å²) < 4.78 is 7.38. The lowest BCUT2D eigenvalue weighted by atomic mass is 10.1. The predicted molar refractivity (Wildman–Crippen MR) is 72.4 cm³/mol. The summed E-state index contributed by atoms with van der Waals surface area (Å²) in [5, 5.41) is 3.04. The van der Waals surface area contributed by atoms with Gasteiger partial charge in [0.05, 0.1) is 0 Å². The highest BCUT2D eigenvalue weighted by atomic mass is 16.3. The van der Waals surface area contributed by atoms with Crippen LogP contribution in [0.4, 0.5) is 0 Å². The number of hydrogen-bond acceptors (Lipinski definition) is 4. The van der Waals surface area contributed by atoms with Crippen LogP contribution >= 0.6 is 0 Å². The van der Waals surface area contributed by atoms with E-state index in [-0.39, 0.29) is 17.9 Å². The van der Waals surface area contributed by atoms with Crippen molar-refractivity contribution in [1.29, 1.82) is 0 Å². The van der Waals surface area contributed by atoms with Gasteiger partial charge in [0.25, 0.3) is 5.91 Å². The largest absolute Gasteiger partial charge is 0.447 e. The van der Waals surface area contributed by atoms with Gasteiger partial charge in [-0.2, -0.15) is 0 Å². The highest BCUT2D eigenvalue weighted by Gasteiger charge is 2.24. The number of carbonyl (C=O) groups is 1. The molecule has 0 spiro atoms. The number of aryl methyl sites for hydroxylation is 1. The third-order valence-corrected chi connectivity index (χ3v) is 3.60. The smallest absolute Gasteiger partial charge is 0.273 e. The van der Waals surface area contributed by atoms with E-state index in [1.165, 1.54) is 6.39 Å². The molecule has 1 atom stereocenters. The summed E-state index contributed by atoms with van der Waals surface area (Å²) in [6, 6.07) is 0.112. The second-order valence-corrected chi connectivity index (χ2v) is 5.42. The number of imidazole rings is 1. The van der Waals surface area contributed by atoms with Crippen molar-refractivity contribution in [3.63, 3.8) is 0 Å². The Kier molecular flexibility index (Phi) is 3.30. The summed E-state index contributed by atoms with van der Waals surface area (Å²) in [4.78, 5) is 20.6. The zero-order chi connectivity index (χ0) is 14.1. The van der Waals surface area contributed by atoms with Gasteiger partial charge in [0.2, 0.25) is 0 Å². The molecule has 20 heavy (non-hydrogen) atoms. The summed E-state index contributed by atoms with van der Waals surface area (Å²) >= 11 is 0. The lowest BCUT2D eigenvalue weighted by Crippen LogP contribution is -2.41. The van der Waals surface area contributed by atoms with Crippen LogP contribution < -0.4 is 5.32 Å². The molecule has 0 saturated heterocycles. The molecule has 1 unspecified atom stereocenters. The van der Waals surface area contributed by atoms with Gasteiger partial charge in [0.1, 0.15) is 11.6 Å². The third kappa shape index (κ3) is 2.33. The van der Waals surface area contributed by atoms with Crippen LogP contribution in [0.15, 0.2) is 23.2 Å². The van der Waals surface area contributed by atoms with Crippen LogP contribution in [0.1, 0.15) is 48.3 Å². The second kappa shape index (κ2) is 5.11. The van der Waals surface area contributed by atoms with E-state index >= 15 is 0 Å². The minimum Gasteiger partial charge on any atom is -0.447 e. The molecule has 0 aromatic carbocycles. The molecule has 0 aliphatic carbocycles.